The van der Waals surface area contributed by atoms with Gasteiger partial charge < -0.3 is 5.11 Å². The van der Waals surface area contributed by atoms with Crippen LogP contribution in [0.1, 0.15) is 30.0 Å². The second kappa shape index (κ2) is 4.82. The van der Waals surface area contributed by atoms with Crippen LogP contribution in [0.4, 0.5) is 4.39 Å². The molecule has 3 nitrogen and oxygen atoms in total. The SMILES string of the molecule is Cc1nn(-c2ccc(C(C)O)cc2F)c(C)c1Br. The van der Waals surface area contributed by atoms with Gasteiger partial charge in [0.25, 0.3) is 0 Å². The largest absolute Gasteiger partial charge is 0.389 e. The lowest BCUT2D eigenvalue weighted by Gasteiger charge is -2.09. The molecule has 1 atom stereocenters. The number of aliphatic hydroxyl groups excluding tert-OH is 1. The van der Waals surface area contributed by atoms with Gasteiger partial charge in [-0.2, -0.15) is 5.10 Å². The second-order valence-corrected chi connectivity index (χ2v) is 5.08. The van der Waals surface area contributed by atoms with Crippen LogP contribution in [0.25, 0.3) is 5.69 Å². The van der Waals surface area contributed by atoms with Gasteiger partial charge in [0.1, 0.15) is 11.5 Å². The van der Waals surface area contributed by atoms with Crippen molar-refractivity contribution in [3.8, 4) is 5.69 Å². The molecule has 96 valence electrons. The first kappa shape index (κ1) is 13.2. The molecule has 1 aromatic heterocycles. The van der Waals surface area contributed by atoms with E-state index >= 15 is 0 Å². The van der Waals surface area contributed by atoms with Gasteiger partial charge in [-0.25, -0.2) is 9.07 Å². The van der Waals surface area contributed by atoms with Gasteiger partial charge in [-0.1, -0.05) is 6.07 Å². The molecule has 0 saturated heterocycles. The first-order valence-corrected chi connectivity index (χ1v) is 6.40. The quantitative estimate of drug-likeness (QED) is 0.922. The van der Waals surface area contributed by atoms with E-state index in [2.05, 4.69) is 21.0 Å². The van der Waals surface area contributed by atoms with E-state index in [9.17, 15) is 9.50 Å². The smallest absolute Gasteiger partial charge is 0.149 e. The number of aliphatic hydroxyl groups is 1. The molecule has 0 aliphatic heterocycles. The van der Waals surface area contributed by atoms with Crippen LogP contribution in [0.5, 0.6) is 0 Å². The Bertz CT molecular complexity index is 593. The maximum absolute atomic E-state index is 14.0. The third kappa shape index (κ3) is 2.20. The van der Waals surface area contributed by atoms with Gasteiger partial charge >= 0.3 is 0 Å². The van der Waals surface area contributed by atoms with Gasteiger partial charge in [-0.05, 0) is 54.4 Å². The highest BCUT2D eigenvalue weighted by Crippen LogP contribution is 2.25. The summed E-state index contributed by atoms with van der Waals surface area (Å²) in [6, 6.07) is 4.67. The molecule has 0 spiro atoms. The number of rotatable bonds is 2. The number of hydrogen-bond donors (Lipinski definition) is 1. The summed E-state index contributed by atoms with van der Waals surface area (Å²) in [6.45, 7) is 5.33. The van der Waals surface area contributed by atoms with Gasteiger partial charge in [-0.15, -0.1) is 0 Å². The summed E-state index contributed by atoms with van der Waals surface area (Å²) in [5.74, 6) is -0.397. The Labute approximate surface area is 113 Å². The summed E-state index contributed by atoms with van der Waals surface area (Å²) < 4.78 is 16.5. The molecule has 2 rings (SSSR count). The Morgan fingerprint density at radius 3 is 2.50 bits per heavy atom. The molecular formula is C13H14BrFN2O. The molecule has 0 radical (unpaired) electrons. The molecule has 0 amide bonds. The number of nitrogens with zero attached hydrogens (tertiary/aromatic N) is 2. The minimum Gasteiger partial charge on any atom is -0.389 e. The number of benzene rings is 1. The highest BCUT2D eigenvalue weighted by atomic mass is 79.9. The average molecular weight is 313 g/mol. The van der Waals surface area contributed by atoms with E-state index in [1.165, 1.54) is 6.07 Å². The van der Waals surface area contributed by atoms with Crippen molar-refractivity contribution >= 4 is 15.9 Å². The van der Waals surface area contributed by atoms with Crippen molar-refractivity contribution in [1.29, 1.82) is 0 Å². The van der Waals surface area contributed by atoms with Crippen LogP contribution in [0.15, 0.2) is 22.7 Å². The van der Waals surface area contributed by atoms with Crippen molar-refractivity contribution in [3.05, 3.63) is 45.4 Å². The maximum Gasteiger partial charge on any atom is 0.149 e. The number of aryl methyl sites for hydroxylation is 1. The van der Waals surface area contributed by atoms with Crippen LogP contribution in [0.3, 0.4) is 0 Å². The normalized spacial score (nSPS) is 12.8. The minimum atomic E-state index is -0.680. The number of hydrogen-bond acceptors (Lipinski definition) is 2. The third-order valence-electron chi connectivity index (χ3n) is 2.89. The van der Waals surface area contributed by atoms with Crippen LogP contribution < -0.4 is 0 Å². The monoisotopic (exact) mass is 312 g/mol. The van der Waals surface area contributed by atoms with Crippen LogP contribution in [-0.4, -0.2) is 14.9 Å². The summed E-state index contributed by atoms with van der Waals surface area (Å²) in [5, 5.41) is 13.7. The Hall–Kier alpha value is -1.20. The lowest BCUT2D eigenvalue weighted by atomic mass is 10.1. The fourth-order valence-electron chi connectivity index (χ4n) is 1.81. The molecule has 0 aliphatic carbocycles. The molecule has 0 saturated carbocycles. The van der Waals surface area contributed by atoms with Gasteiger partial charge in [0.15, 0.2) is 0 Å². The molecule has 1 unspecified atom stereocenters. The lowest BCUT2D eigenvalue weighted by molar-refractivity contribution is 0.199. The van der Waals surface area contributed by atoms with E-state index in [0.29, 0.717) is 11.3 Å². The van der Waals surface area contributed by atoms with Crippen LogP contribution in [0.2, 0.25) is 0 Å². The molecule has 0 aliphatic rings. The van der Waals surface area contributed by atoms with E-state index in [1.807, 2.05) is 13.8 Å². The van der Waals surface area contributed by atoms with Gasteiger partial charge in [0.2, 0.25) is 0 Å². The first-order chi connectivity index (χ1) is 8.41. The Kier molecular flexibility index (Phi) is 3.54. The molecule has 0 fully saturated rings. The number of aromatic nitrogens is 2. The van der Waals surface area contributed by atoms with Crippen molar-refractivity contribution in [2.45, 2.75) is 26.9 Å². The average Bonchev–Trinajstić information content (AvgIpc) is 2.57. The zero-order valence-corrected chi connectivity index (χ0v) is 12.0. The molecule has 18 heavy (non-hydrogen) atoms. The molecule has 5 heteroatoms. The van der Waals surface area contributed by atoms with E-state index in [0.717, 1.165) is 15.9 Å². The van der Waals surface area contributed by atoms with Crippen molar-refractivity contribution in [2.75, 3.05) is 0 Å². The molecule has 1 heterocycles. The predicted octanol–water partition coefficient (Wildman–Crippen LogP) is 3.44. The summed E-state index contributed by atoms with van der Waals surface area (Å²) in [6.07, 6.45) is -0.680. The predicted molar refractivity (Wildman–Crippen MR) is 71.3 cm³/mol. The summed E-state index contributed by atoms with van der Waals surface area (Å²) in [7, 11) is 0. The van der Waals surface area contributed by atoms with Gasteiger partial charge in [-0.3, -0.25) is 0 Å². The Morgan fingerprint density at radius 2 is 2.06 bits per heavy atom. The van der Waals surface area contributed by atoms with Crippen molar-refractivity contribution in [1.82, 2.24) is 9.78 Å². The minimum absolute atomic E-state index is 0.380. The Morgan fingerprint density at radius 1 is 1.39 bits per heavy atom. The van der Waals surface area contributed by atoms with Gasteiger partial charge in [0, 0.05) is 0 Å². The molecular weight excluding hydrogens is 299 g/mol. The summed E-state index contributed by atoms with van der Waals surface area (Å²) >= 11 is 3.41. The highest BCUT2D eigenvalue weighted by Gasteiger charge is 2.14. The molecule has 1 aromatic carbocycles. The summed E-state index contributed by atoms with van der Waals surface area (Å²) in [4.78, 5) is 0. The lowest BCUT2D eigenvalue weighted by Crippen LogP contribution is -2.03. The van der Waals surface area contributed by atoms with Crippen molar-refractivity contribution < 1.29 is 9.50 Å². The topological polar surface area (TPSA) is 38.0 Å². The third-order valence-corrected chi connectivity index (χ3v) is 4.03. The standard InChI is InChI=1S/C13H14BrFN2O/c1-7-13(14)8(2)17(16-7)12-5-4-10(9(3)18)6-11(12)15/h4-6,9,18H,1-3H3. The molecule has 1 N–H and O–H groups in total. The Balaban J connectivity index is 2.54. The van der Waals surface area contributed by atoms with Crippen molar-refractivity contribution in [3.63, 3.8) is 0 Å². The van der Waals surface area contributed by atoms with E-state index in [1.54, 1.807) is 23.7 Å². The maximum atomic E-state index is 14.0. The van der Waals surface area contributed by atoms with Crippen LogP contribution >= 0.6 is 15.9 Å². The van der Waals surface area contributed by atoms with Crippen LogP contribution in [-0.2, 0) is 0 Å². The van der Waals surface area contributed by atoms with E-state index in [-0.39, 0.29) is 0 Å². The van der Waals surface area contributed by atoms with E-state index < -0.39 is 11.9 Å². The molecule has 0 bridgehead atoms. The second-order valence-electron chi connectivity index (χ2n) is 4.28. The summed E-state index contributed by atoms with van der Waals surface area (Å²) in [5.41, 5.74) is 2.59. The fraction of sp³-hybridized carbons (Fsp3) is 0.308. The van der Waals surface area contributed by atoms with Crippen molar-refractivity contribution in [2.24, 2.45) is 0 Å². The fourth-order valence-corrected chi connectivity index (χ4v) is 2.06. The number of halogens is 2. The molecule has 2 aromatic rings. The van der Waals surface area contributed by atoms with Crippen LogP contribution in [0, 0.1) is 19.7 Å². The zero-order valence-electron chi connectivity index (χ0n) is 10.4. The first-order valence-electron chi connectivity index (χ1n) is 5.61. The zero-order chi connectivity index (χ0) is 13.4. The van der Waals surface area contributed by atoms with Gasteiger partial charge in [0.05, 0.1) is 22.0 Å². The highest BCUT2D eigenvalue weighted by molar-refractivity contribution is 9.10. The van der Waals surface area contributed by atoms with E-state index in [4.69, 9.17) is 0 Å².